The minimum absolute atomic E-state index is 0.228. The highest BCUT2D eigenvalue weighted by Crippen LogP contribution is 2.43. The highest BCUT2D eigenvalue weighted by molar-refractivity contribution is 6.04. The third kappa shape index (κ3) is 4.12. The molecule has 2 aliphatic heterocycles. The predicted molar refractivity (Wildman–Crippen MR) is 115 cm³/mol. The first-order valence-corrected chi connectivity index (χ1v) is 11.1. The second kappa shape index (κ2) is 7.75. The van der Waals surface area contributed by atoms with Gasteiger partial charge in [-0.1, -0.05) is 6.07 Å². The molecule has 2 saturated heterocycles. The lowest BCUT2D eigenvalue weighted by molar-refractivity contribution is 0.0799. The van der Waals surface area contributed by atoms with Crippen LogP contribution in [0.4, 0.5) is 11.4 Å². The number of hydrogen-bond donors (Lipinski definition) is 2. The molecule has 1 aromatic carbocycles. The van der Waals surface area contributed by atoms with Gasteiger partial charge in [-0.25, -0.2) is 0 Å². The number of ether oxygens (including phenoxy) is 1. The van der Waals surface area contributed by atoms with Gasteiger partial charge in [-0.05, 0) is 74.8 Å². The molecule has 6 nitrogen and oxygen atoms in total. The Balaban J connectivity index is 1.37. The van der Waals surface area contributed by atoms with Crippen LogP contribution in [0.2, 0.25) is 0 Å². The van der Waals surface area contributed by atoms with Crippen LogP contribution in [-0.4, -0.2) is 42.9 Å². The number of β-amino-alcohol motifs (C(OH)–C–C–N with tert-alkyl or cyclic N) is 1. The minimum Gasteiger partial charge on any atom is -0.456 e. The molecular weight excluding hydrogens is 380 g/mol. The first-order valence-electron chi connectivity index (χ1n) is 11.1. The molecule has 1 aromatic heterocycles. The van der Waals surface area contributed by atoms with E-state index in [0.717, 1.165) is 56.2 Å². The van der Waals surface area contributed by atoms with E-state index in [9.17, 15) is 9.90 Å². The lowest BCUT2D eigenvalue weighted by Gasteiger charge is -2.24. The first-order chi connectivity index (χ1) is 14.5. The molecule has 0 radical (unpaired) electrons. The van der Waals surface area contributed by atoms with Crippen molar-refractivity contribution < 1.29 is 19.1 Å². The Labute approximate surface area is 177 Å². The maximum atomic E-state index is 13.0. The summed E-state index contributed by atoms with van der Waals surface area (Å²) in [5.41, 5.74) is 2.32. The van der Waals surface area contributed by atoms with Crippen LogP contribution in [-0.2, 0) is 4.74 Å². The Morgan fingerprint density at radius 2 is 1.93 bits per heavy atom. The standard InChI is InChI=1S/C24H30N2O4/c1-24(28)10-11-26(15-24)20-5-4-18(16-2-3-16)14-19(20)25-23(27)22-7-6-21(30-22)17-8-12-29-13-9-17/h4-7,14,16-17,28H,2-3,8-13,15H2,1H3,(H,25,27). The number of amides is 1. The maximum absolute atomic E-state index is 13.0. The van der Waals surface area contributed by atoms with Crippen LogP contribution in [0, 0.1) is 0 Å². The van der Waals surface area contributed by atoms with E-state index in [1.807, 2.05) is 13.0 Å². The molecule has 1 aliphatic carbocycles. The van der Waals surface area contributed by atoms with E-state index in [0.29, 0.717) is 24.1 Å². The number of carbonyl (C=O) groups excluding carboxylic acids is 1. The molecule has 2 N–H and O–H groups in total. The molecule has 3 aliphatic rings. The van der Waals surface area contributed by atoms with Gasteiger partial charge >= 0.3 is 0 Å². The lowest BCUT2D eigenvalue weighted by atomic mass is 9.98. The van der Waals surface area contributed by atoms with Crippen molar-refractivity contribution >= 4 is 17.3 Å². The molecule has 1 saturated carbocycles. The second-order valence-electron chi connectivity index (χ2n) is 9.26. The molecule has 160 valence electrons. The number of rotatable bonds is 5. The molecule has 30 heavy (non-hydrogen) atoms. The van der Waals surface area contributed by atoms with Crippen LogP contribution < -0.4 is 10.2 Å². The fraction of sp³-hybridized carbons (Fsp3) is 0.542. The van der Waals surface area contributed by atoms with Gasteiger partial charge < -0.3 is 24.5 Å². The highest BCUT2D eigenvalue weighted by atomic mass is 16.5. The van der Waals surface area contributed by atoms with Gasteiger partial charge in [0.05, 0.1) is 17.0 Å². The quantitative estimate of drug-likeness (QED) is 0.770. The second-order valence-corrected chi connectivity index (χ2v) is 9.26. The third-order valence-corrected chi connectivity index (χ3v) is 6.58. The van der Waals surface area contributed by atoms with E-state index >= 15 is 0 Å². The topological polar surface area (TPSA) is 74.9 Å². The van der Waals surface area contributed by atoms with E-state index in [1.54, 1.807) is 6.07 Å². The highest BCUT2D eigenvalue weighted by Gasteiger charge is 2.33. The third-order valence-electron chi connectivity index (χ3n) is 6.58. The van der Waals surface area contributed by atoms with Gasteiger partial charge in [-0.2, -0.15) is 0 Å². The summed E-state index contributed by atoms with van der Waals surface area (Å²) >= 11 is 0. The Kier molecular flexibility index (Phi) is 5.07. The number of nitrogens with zero attached hydrogens (tertiary/aromatic N) is 1. The number of benzene rings is 1. The Hall–Kier alpha value is -2.31. The van der Waals surface area contributed by atoms with Crippen LogP contribution in [0.15, 0.2) is 34.7 Å². The fourth-order valence-electron chi connectivity index (χ4n) is 4.61. The van der Waals surface area contributed by atoms with Crippen molar-refractivity contribution in [1.29, 1.82) is 0 Å². The SMILES string of the molecule is CC1(O)CCN(c2ccc(C3CC3)cc2NC(=O)c2ccc(C3CCOCC3)o2)C1. The largest absolute Gasteiger partial charge is 0.456 e. The van der Waals surface area contributed by atoms with Crippen LogP contribution in [0.25, 0.3) is 0 Å². The Morgan fingerprint density at radius 1 is 1.13 bits per heavy atom. The molecule has 1 unspecified atom stereocenters. The van der Waals surface area contributed by atoms with E-state index in [1.165, 1.54) is 18.4 Å². The molecule has 2 aromatic rings. The van der Waals surface area contributed by atoms with Crippen molar-refractivity contribution in [3.63, 3.8) is 0 Å². The summed E-state index contributed by atoms with van der Waals surface area (Å²) in [6.45, 7) is 4.68. The number of aliphatic hydroxyl groups is 1. The molecule has 1 atom stereocenters. The molecule has 0 spiro atoms. The van der Waals surface area contributed by atoms with Gasteiger partial charge in [0.1, 0.15) is 5.76 Å². The molecule has 6 heteroatoms. The van der Waals surface area contributed by atoms with Gasteiger partial charge in [-0.3, -0.25) is 4.79 Å². The zero-order valence-electron chi connectivity index (χ0n) is 17.5. The van der Waals surface area contributed by atoms with Gasteiger partial charge in [0, 0.05) is 32.2 Å². The Morgan fingerprint density at radius 3 is 2.63 bits per heavy atom. The van der Waals surface area contributed by atoms with Crippen LogP contribution in [0.3, 0.4) is 0 Å². The molecular formula is C24H30N2O4. The summed E-state index contributed by atoms with van der Waals surface area (Å²) in [5.74, 6) is 1.90. The summed E-state index contributed by atoms with van der Waals surface area (Å²) in [6, 6.07) is 10.0. The van der Waals surface area contributed by atoms with Crippen LogP contribution in [0.1, 0.15) is 72.7 Å². The average molecular weight is 411 g/mol. The van der Waals surface area contributed by atoms with E-state index in [-0.39, 0.29) is 5.91 Å². The molecule has 3 heterocycles. The van der Waals surface area contributed by atoms with Gasteiger partial charge in [-0.15, -0.1) is 0 Å². The lowest BCUT2D eigenvalue weighted by Crippen LogP contribution is -2.30. The number of nitrogens with one attached hydrogen (secondary N) is 1. The van der Waals surface area contributed by atoms with E-state index in [4.69, 9.17) is 9.15 Å². The van der Waals surface area contributed by atoms with Crippen molar-refractivity contribution in [1.82, 2.24) is 0 Å². The summed E-state index contributed by atoms with van der Waals surface area (Å²) in [7, 11) is 0. The molecule has 3 fully saturated rings. The molecule has 1 amide bonds. The first kappa shape index (κ1) is 19.6. The zero-order chi connectivity index (χ0) is 20.7. The van der Waals surface area contributed by atoms with Crippen molar-refractivity contribution in [3.05, 3.63) is 47.4 Å². The van der Waals surface area contributed by atoms with Gasteiger partial charge in [0.2, 0.25) is 0 Å². The van der Waals surface area contributed by atoms with Crippen molar-refractivity contribution in [2.45, 2.75) is 56.5 Å². The van der Waals surface area contributed by atoms with Crippen LogP contribution >= 0.6 is 0 Å². The monoisotopic (exact) mass is 410 g/mol. The Bertz CT molecular complexity index is 925. The van der Waals surface area contributed by atoms with Gasteiger partial charge in [0.15, 0.2) is 5.76 Å². The zero-order valence-corrected chi connectivity index (χ0v) is 17.5. The summed E-state index contributed by atoms with van der Waals surface area (Å²) < 4.78 is 11.3. The normalized spacial score (nSPS) is 24.9. The smallest absolute Gasteiger partial charge is 0.291 e. The number of anilines is 2. The summed E-state index contributed by atoms with van der Waals surface area (Å²) in [6.07, 6.45) is 4.99. The van der Waals surface area contributed by atoms with Crippen LogP contribution in [0.5, 0.6) is 0 Å². The maximum Gasteiger partial charge on any atom is 0.291 e. The van der Waals surface area contributed by atoms with E-state index < -0.39 is 5.60 Å². The molecule has 0 bridgehead atoms. The van der Waals surface area contributed by atoms with Crippen molar-refractivity contribution in [2.75, 3.05) is 36.5 Å². The number of furan rings is 1. The fourth-order valence-corrected chi connectivity index (χ4v) is 4.61. The van der Waals surface area contributed by atoms with Gasteiger partial charge in [0.25, 0.3) is 5.91 Å². The summed E-state index contributed by atoms with van der Waals surface area (Å²) in [5, 5.41) is 13.5. The summed E-state index contributed by atoms with van der Waals surface area (Å²) in [4.78, 5) is 15.2. The van der Waals surface area contributed by atoms with Crippen molar-refractivity contribution in [3.8, 4) is 0 Å². The van der Waals surface area contributed by atoms with E-state index in [2.05, 4.69) is 28.4 Å². The minimum atomic E-state index is -0.698. The number of carbonyl (C=O) groups is 1. The average Bonchev–Trinajstić information content (AvgIpc) is 3.36. The molecule has 5 rings (SSSR count). The number of hydrogen-bond acceptors (Lipinski definition) is 5. The van der Waals surface area contributed by atoms with Crippen molar-refractivity contribution in [2.24, 2.45) is 0 Å². The predicted octanol–water partition coefficient (Wildman–Crippen LogP) is 4.26.